The van der Waals surface area contributed by atoms with E-state index in [0.717, 1.165) is 6.42 Å². The largest absolute Gasteiger partial charge is 0.344 e. The van der Waals surface area contributed by atoms with Crippen LogP contribution in [-0.4, -0.2) is 42.9 Å². The Labute approximate surface area is 97.3 Å². The lowest BCUT2D eigenvalue weighted by molar-refractivity contribution is -0.131. The normalized spacial score (nSPS) is 13.2. The van der Waals surface area contributed by atoms with Gasteiger partial charge >= 0.3 is 0 Å². The lowest BCUT2D eigenvalue weighted by atomic mass is 10.3. The zero-order valence-corrected chi connectivity index (χ0v) is 10.6. The molecule has 6 nitrogen and oxygen atoms in total. The summed E-state index contributed by atoms with van der Waals surface area (Å²) in [4.78, 5) is 17.6. The van der Waals surface area contributed by atoms with Crippen LogP contribution in [0.3, 0.4) is 0 Å². The van der Waals surface area contributed by atoms with E-state index >= 15 is 0 Å². The molecule has 0 rings (SSSR count). The number of hydrogen-bond donors (Lipinski definition) is 3. The second kappa shape index (κ2) is 7.92. The molecule has 16 heavy (non-hydrogen) atoms. The number of amides is 1. The number of aliphatic imine (C=N–C) groups is 1. The summed E-state index contributed by atoms with van der Waals surface area (Å²) in [5, 5.41) is 2.94. The predicted molar refractivity (Wildman–Crippen MR) is 65.8 cm³/mol. The number of hydrazine groups is 1. The van der Waals surface area contributed by atoms with Crippen molar-refractivity contribution in [1.82, 2.24) is 15.6 Å². The second-order valence-corrected chi connectivity index (χ2v) is 3.59. The van der Waals surface area contributed by atoms with Crippen molar-refractivity contribution in [2.24, 2.45) is 10.8 Å². The maximum Gasteiger partial charge on any atom is 0.244 e. The number of carbonyl (C=O) groups is 1. The van der Waals surface area contributed by atoms with Crippen LogP contribution in [0, 0.1) is 0 Å². The molecule has 0 aliphatic heterocycles. The van der Waals surface area contributed by atoms with Gasteiger partial charge in [-0.2, -0.15) is 0 Å². The van der Waals surface area contributed by atoms with Gasteiger partial charge in [0.2, 0.25) is 11.9 Å². The summed E-state index contributed by atoms with van der Waals surface area (Å²) in [7, 11) is 1.76. The average Bonchev–Trinajstić information content (AvgIpc) is 2.31. The van der Waals surface area contributed by atoms with E-state index in [9.17, 15) is 4.79 Å². The van der Waals surface area contributed by atoms with Crippen LogP contribution < -0.4 is 16.6 Å². The Balaban J connectivity index is 4.29. The number of nitrogens with one attached hydrogen (secondary N) is 2. The summed E-state index contributed by atoms with van der Waals surface area (Å²) < 4.78 is 0. The number of hydrogen-bond acceptors (Lipinski definition) is 3. The highest BCUT2D eigenvalue weighted by Gasteiger charge is 2.16. The fraction of sp³-hybridized carbons (Fsp3) is 0.800. The zero-order valence-electron chi connectivity index (χ0n) is 10.6. The predicted octanol–water partition coefficient (Wildman–Crippen LogP) is -0.328. The first-order valence-electron chi connectivity index (χ1n) is 5.59. The lowest BCUT2D eigenvalue weighted by Gasteiger charge is -2.21. The first-order chi connectivity index (χ1) is 7.56. The third-order valence-electron chi connectivity index (χ3n) is 2.20. The van der Waals surface area contributed by atoms with Gasteiger partial charge in [0.1, 0.15) is 6.04 Å². The van der Waals surface area contributed by atoms with E-state index in [-0.39, 0.29) is 11.9 Å². The number of nitrogens with two attached hydrogens (primary N) is 1. The quantitative estimate of drug-likeness (QED) is 0.261. The molecule has 0 aromatic heterocycles. The molecule has 0 radical (unpaired) electrons. The summed E-state index contributed by atoms with van der Waals surface area (Å²) in [6, 6.07) is -0.336. The van der Waals surface area contributed by atoms with Gasteiger partial charge in [-0.25, -0.2) is 5.84 Å². The minimum Gasteiger partial charge on any atom is -0.344 e. The Morgan fingerprint density at radius 3 is 2.56 bits per heavy atom. The van der Waals surface area contributed by atoms with Gasteiger partial charge in [-0.3, -0.25) is 15.2 Å². The molecule has 1 unspecified atom stereocenters. The number of likely N-dealkylation sites (N-methyl/N-ethyl adjacent to an activating group) is 1. The Morgan fingerprint density at radius 1 is 1.50 bits per heavy atom. The third kappa shape index (κ3) is 4.97. The van der Waals surface area contributed by atoms with Crippen molar-refractivity contribution in [2.75, 3.05) is 20.1 Å². The highest BCUT2D eigenvalue weighted by molar-refractivity contribution is 5.88. The Kier molecular flexibility index (Phi) is 7.28. The molecule has 0 saturated heterocycles. The number of carbonyl (C=O) groups excluding carboxylic acids is 1. The van der Waals surface area contributed by atoms with E-state index in [2.05, 4.69) is 15.7 Å². The third-order valence-corrected chi connectivity index (χ3v) is 2.20. The first-order valence-corrected chi connectivity index (χ1v) is 5.59. The van der Waals surface area contributed by atoms with Crippen molar-refractivity contribution in [3.63, 3.8) is 0 Å². The van der Waals surface area contributed by atoms with E-state index in [4.69, 9.17) is 5.84 Å². The van der Waals surface area contributed by atoms with Gasteiger partial charge < -0.3 is 10.2 Å². The Hall–Kier alpha value is -1.30. The van der Waals surface area contributed by atoms with Gasteiger partial charge in [-0.05, 0) is 20.3 Å². The summed E-state index contributed by atoms with van der Waals surface area (Å²) in [5.41, 5.74) is 2.45. The van der Waals surface area contributed by atoms with Crippen molar-refractivity contribution in [2.45, 2.75) is 33.2 Å². The minimum atomic E-state index is -0.336. The molecular formula is C10H23N5O. The number of nitrogens with zero attached hydrogens (tertiary/aromatic N) is 2. The Morgan fingerprint density at radius 2 is 2.12 bits per heavy atom. The highest BCUT2D eigenvalue weighted by Crippen LogP contribution is 1.91. The molecular weight excluding hydrogens is 206 g/mol. The fourth-order valence-electron chi connectivity index (χ4n) is 1.11. The topological polar surface area (TPSA) is 82.7 Å². The molecule has 0 aliphatic carbocycles. The van der Waals surface area contributed by atoms with Gasteiger partial charge in [0, 0.05) is 20.1 Å². The summed E-state index contributed by atoms with van der Waals surface area (Å²) >= 11 is 0. The van der Waals surface area contributed by atoms with Crippen LogP contribution in [0.5, 0.6) is 0 Å². The number of guanidine groups is 1. The molecule has 0 heterocycles. The molecule has 0 spiro atoms. The van der Waals surface area contributed by atoms with Crippen molar-refractivity contribution in [3.05, 3.63) is 0 Å². The smallest absolute Gasteiger partial charge is 0.244 e. The zero-order chi connectivity index (χ0) is 12.6. The van der Waals surface area contributed by atoms with Crippen LogP contribution in [-0.2, 0) is 4.79 Å². The van der Waals surface area contributed by atoms with E-state index in [1.54, 1.807) is 18.9 Å². The maximum absolute atomic E-state index is 11.7. The molecule has 0 aromatic carbocycles. The van der Waals surface area contributed by atoms with Crippen LogP contribution >= 0.6 is 0 Å². The first kappa shape index (κ1) is 14.7. The van der Waals surface area contributed by atoms with Crippen molar-refractivity contribution in [1.29, 1.82) is 0 Å². The molecule has 94 valence electrons. The maximum atomic E-state index is 11.7. The molecule has 6 heteroatoms. The van der Waals surface area contributed by atoms with E-state index in [1.165, 1.54) is 0 Å². The van der Waals surface area contributed by atoms with E-state index in [0.29, 0.717) is 19.0 Å². The molecule has 0 saturated carbocycles. The van der Waals surface area contributed by atoms with Crippen LogP contribution in [0.25, 0.3) is 0 Å². The van der Waals surface area contributed by atoms with Crippen LogP contribution in [0.15, 0.2) is 4.99 Å². The molecule has 1 amide bonds. The lowest BCUT2D eigenvalue weighted by Crippen LogP contribution is -2.51. The van der Waals surface area contributed by atoms with Crippen LogP contribution in [0.1, 0.15) is 27.2 Å². The minimum absolute atomic E-state index is 0.0157. The van der Waals surface area contributed by atoms with Crippen LogP contribution in [0.4, 0.5) is 0 Å². The standard InChI is InChI=1S/C10H23N5O/c1-5-7-12-10(14-11)13-8(3)9(16)15(4)6-2/h8H,5-7,11H2,1-4H3,(H2,12,13,14). The van der Waals surface area contributed by atoms with Gasteiger partial charge in [0.15, 0.2) is 0 Å². The molecule has 0 bridgehead atoms. The Bertz CT molecular complexity index is 241. The summed E-state index contributed by atoms with van der Waals surface area (Å²) in [6.45, 7) is 7.10. The van der Waals surface area contributed by atoms with Crippen molar-refractivity contribution >= 4 is 11.9 Å². The SMILES string of the molecule is CCCN=C(NN)NC(C)C(=O)N(C)CC. The van der Waals surface area contributed by atoms with Crippen LogP contribution in [0.2, 0.25) is 0 Å². The molecule has 0 fully saturated rings. The average molecular weight is 229 g/mol. The van der Waals surface area contributed by atoms with Gasteiger partial charge in [-0.1, -0.05) is 6.92 Å². The van der Waals surface area contributed by atoms with Gasteiger partial charge in [-0.15, -0.1) is 0 Å². The monoisotopic (exact) mass is 229 g/mol. The molecule has 4 N–H and O–H groups in total. The van der Waals surface area contributed by atoms with Gasteiger partial charge in [0.25, 0.3) is 0 Å². The molecule has 0 aliphatic rings. The second-order valence-electron chi connectivity index (χ2n) is 3.59. The van der Waals surface area contributed by atoms with Gasteiger partial charge in [0.05, 0.1) is 0 Å². The number of rotatable bonds is 5. The summed E-state index contributed by atoms with van der Waals surface area (Å²) in [5.74, 6) is 5.77. The van der Waals surface area contributed by atoms with Crippen molar-refractivity contribution in [3.8, 4) is 0 Å². The van der Waals surface area contributed by atoms with Crippen molar-refractivity contribution < 1.29 is 4.79 Å². The summed E-state index contributed by atoms with van der Waals surface area (Å²) in [6.07, 6.45) is 0.935. The molecule has 0 aromatic rings. The molecule has 1 atom stereocenters. The van der Waals surface area contributed by atoms with E-state index < -0.39 is 0 Å². The van der Waals surface area contributed by atoms with E-state index in [1.807, 2.05) is 13.8 Å². The highest BCUT2D eigenvalue weighted by atomic mass is 16.2. The fourth-order valence-corrected chi connectivity index (χ4v) is 1.11.